The Morgan fingerprint density at radius 1 is 1.23 bits per heavy atom. The van der Waals surface area contributed by atoms with Gasteiger partial charge in [-0.25, -0.2) is 14.8 Å². The zero-order valence-electron chi connectivity index (χ0n) is 20.6. The van der Waals surface area contributed by atoms with Gasteiger partial charge in [0.05, 0.1) is 11.8 Å². The number of amides is 1. The number of hydrogen-bond acceptors (Lipinski definition) is 7. The molecule has 3 aliphatic heterocycles. The molecular formula is C24H32F3N5O2S. The van der Waals surface area contributed by atoms with Crippen molar-refractivity contribution in [2.75, 3.05) is 44.2 Å². The van der Waals surface area contributed by atoms with Crippen LogP contribution in [0.2, 0.25) is 0 Å². The van der Waals surface area contributed by atoms with E-state index in [1.54, 1.807) is 11.0 Å². The van der Waals surface area contributed by atoms with Crippen molar-refractivity contribution < 1.29 is 22.7 Å². The highest BCUT2D eigenvalue weighted by molar-refractivity contribution is 7.18. The van der Waals surface area contributed by atoms with Gasteiger partial charge in [0.15, 0.2) is 0 Å². The molecule has 7 nitrogen and oxygen atoms in total. The van der Waals surface area contributed by atoms with E-state index in [1.807, 2.05) is 20.8 Å². The number of carbonyl (C=O) groups is 1. The Morgan fingerprint density at radius 2 is 1.94 bits per heavy atom. The van der Waals surface area contributed by atoms with Gasteiger partial charge in [0, 0.05) is 61.5 Å². The van der Waals surface area contributed by atoms with E-state index in [1.165, 1.54) is 6.33 Å². The summed E-state index contributed by atoms with van der Waals surface area (Å²) in [6.45, 7) is 13.0. The van der Waals surface area contributed by atoms with E-state index >= 15 is 0 Å². The van der Waals surface area contributed by atoms with Crippen LogP contribution >= 0.6 is 11.3 Å². The van der Waals surface area contributed by atoms with Crippen molar-refractivity contribution in [2.24, 2.45) is 11.3 Å². The number of fused-ring (bicyclic) bond motifs is 1. The molecule has 1 amide bonds. The van der Waals surface area contributed by atoms with E-state index in [-0.39, 0.29) is 16.4 Å². The number of rotatable bonds is 4. The minimum absolute atomic E-state index is 0.185. The van der Waals surface area contributed by atoms with Gasteiger partial charge in [0.2, 0.25) is 0 Å². The zero-order chi connectivity index (χ0) is 25.2. The Kier molecular flexibility index (Phi) is 5.94. The van der Waals surface area contributed by atoms with Crippen LogP contribution in [0.4, 0.5) is 23.8 Å². The normalized spacial score (nSPS) is 21.9. The lowest BCUT2D eigenvalue weighted by atomic mass is 9.76. The second kappa shape index (κ2) is 8.47. The summed E-state index contributed by atoms with van der Waals surface area (Å²) in [6, 6.07) is 2.00. The molecule has 11 heteroatoms. The Bertz CT molecular complexity index is 1100. The SMILES string of the molecule is C[C@@H](C1CN(C(=O)OC(C)(C)C)C1)N1CC2(CCN(c3ncnc4sc(CC(F)(F)F)cc34)C2)C1. The van der Waals surface area contributed by atoms with E-state index in [0.29, 0.717) is 16.8 Å². The van der Waals surface area contributed by atoms with Gasteiger partial charge < -0.3 is 14.5 Å². The first-order valence-electron chi connectivity index (χ1n) is 12.1. The number of halogens is 3. The molecular weight excluding hydrogens is 479 g/mol. The van der Waals surface area contributed by atoms with Crippen LogP contribution in [-0.4, -0.2) is 82.9 Å². The van der Waals surface area contributed by atoms with Gasteiger partial charge in [0.1, 0.15) is 22.6 Å². The molecule has 2 aromatic heterocycles. The fraction of sp³-hybridized carbons (Fsp3) is 0.708. The molecule has 3 aliphatic rings. The molecule has 5 rings (SSSR count). The molecule has 0 N–H and O–H groups in total. The van der Waals surface area contributed by atoms with Gasteiger partial charge in [-0.15, -0.1) is 11.3 Å². The third kappa shape index (κ3) is 5.07. The molecule has 5 heterocycles. The maximum atomic E-state index is 12.9. The van der Waals surface area contributed by atoms with Gasteiger partial charge in [-0.2, -0.15) is 13.2 Å². The molecule has 0 radical (unpaired) electrons. The van der Waals surface area contributed by atoms with E-state index in [0.717, 1.165) is 68.2 Å². The van der Waals surface area contributed by atoms with Crippen LogP contribution in [0.5, 0.6) is 0 Å². The van der Waals surface area contributed by atoms with E-state index < -0.39 is 18.2 Å². The molecule has 0 bridgehead atoms. The largest absolute Gasteiger partial charge is 0.444 e. The predicted molar refractivity (Wildman–Crippen MR) is 129 cm³/mol. The summed E-state index contributed by atoms with van der Waals surface area (Å²) < 4.78 is 44.1. The Morgan fingerprint density at radius 3 is 2.60 bits per heavy atom. The monoisotopic (exact) mass is 511 g/mol. The number of alkyl halides is 3. The third-order valence-corrected chi connectivity index (χ3v) is 8.41. The second-order valence-corrected chi connectivity index (χ2v) is 12.5. The maximum absolute atomic E-state index is 12.9. The van der Waals surface area contributed by atoms with Gasteiger partial charge in [-0.1, -0.05) is 0 Å². The van der Waals surface area contributed by atoms with Gasteiger partial charge in [-0.05, 0) is 40.2 Å². The van der Waals surface area contributed by atoms with Crippen molar-refractivity contribution in [1.82, 2.24) is 19.8 Å². The Hall–Kier alpha value is -2.14. The van der Waals surface area contributed by atoms with Crippen LogP contribution in [0.15, 0.2) is 12.4 Å². The van der Waals surface area contributed by atoms with Crippen LogP contribution in [0.25, 0.3) is 10.2 Å². The summed E-state index contributed by atoms with van der Waals surface area (Å²) in [6.07, 6.45) is -2.91. The Balaban J connectivity index is 1.17. The van der Waals surface area contributed by atoms with Crippen LogP contribution < -0.4 is 4.90 Å². The highest BCUT2D eigenvalue weighted by Gasteiger charge is 2.51. The van der Waals surface area contributed by atoms with Crippen molar-refractivity contribution in [3.8, 4) is 0 Å². The van der Waals surface area contributed by atoms with Crippen LogP contribution in [0.3, 0.4) is 0 Å². The standard InChI is InChI=1S/C24H32F3N5O2S/c1-15(16-9-31(10-16)21(33)34-22(2,3)4)32-12-23(13-32)5-6-30(11-23)19-18-7-17(8-24(25,26)27)35-20(18)29-14-28-19/h7,14-16H,5-6,8-13H2,1-4H3/t15-/m0/s1. The lowest BCUT2D eigenvalue weighted by Crippen LogP contribution is -2.66. The molecule has 0 unspecified atom stereocenters. The number of ether oxygens (including phenoxy) is 1. The molecule has 0 aliphatic carbocycles. The molecule has 1 spiro atoms. The molecule has 192 valence electrons. The lowest BCUT2D eigenvalue weighted by molar-refractivity contribution is -0.126. The van der Waals surface area contributed by atoms with E-state index in [2.05, 4.69) is 26.7 Å². The van der Waals surface area contributed by atoms with E-state index in [4.69, 9.17) is 4.74 Å². The molecule has 0 saturated carbocycles. The van der Waals surface area contributed by atoms with Crippen molar-refractivity contribution >= 4 is 33.5 Å². The highest BCUT2D eigenvalue weighted by atomic mass is 32.1. The van der Waals surface area contributed by atoms with Crippen LogP contribution in [0.1, 0.15) is 39.0 Å². The summed E-state index contributed by atoms with van der Waals surface area (Å²) in [5, 5.41) is 0.718. The summed E-state index contributed by atoms with van der Waals surface area (Å²) in [4.78, 5) is 28.2. The molecule has 3 fully saturated rings. The van der Waals surface area contributed by atoms with Crippen molar-refractivity contribution in [3.05, 3.63) is 17.3 Å². The first-order valence-corrected chi connectivity index (χ1v) is 12.9. The molecule has 3 saturated heterocycles. The second-order valence-electron chi connectivity index (χ2n) is 11.4. The average Bonchev–Trinajstić information content (AvgIpc) is 3.26. The topological polar surface area (TPSA) is 61.8 Å². The number of nitrogens with zero attached hydrogens (tertiary/aromatic N) is 5. The zero-order valence-corrected chi connectivity index (χ0v) is 21.4. The van der Waals surface area contributed by atoms with Gasteiger partial charge in [0.25, 0.3) is 0 Å². The summed E-state index contributed by atoms with van der Waals surface area (Å²) in [5.74, 6) is 1.19. The fourth-order valence-corrected chi connectivity index (χ4v) is 6.52. The van der Waals surface area contributed by atoms with Crippen molar-refractivity contribution in [1.29, 1.82) is 0 Å². The molecule has 1 atom stereocenters. The quantitative estimate of drug-likeness (QED) is 0.600. The minimum atomic E-state index is -4.23. The summed E-state index contributed by atoms with van der Waals surface area (Å²) >= 11 is 1.10. The fourth-order valence-electron chi connectivity index (χ4n) is 5.50. The summed E-state index contributed by atoms with van der Waals surface area (Å²) in [7, 11) is 0. The first-order chi connectivity index (χ1) is 16.3. The number of thiophene rings is 1. The van der Waals surface area contributed by atoms with Gasteiger partial charge in [-0.3, -0.25) is 4.90 Å². The molecule has 35 heavy (non-hydrogen) atoms. The molecule has 0 aromatic carbocycles. The number of aromatic nitrogens is 2. The number of likely N-dealkylation sites (tertiary alicyclic amines) is 2. The average molecular weight is 512 g/mol. The van der Waals surface area contributed by atoms with Crippen LogP contribution in [-0.2, 0) is 11.2 Å². The summed E-state index contributed by atoms with van der Waals surface area (Å²) in [5.41, 5.74) is -0.297. The number of carbonyl (C=O) groups excluding carboxylic acids is 1. The number of hydrogen-bond donors (Lipinski definition) is 0. The van der Waals surface area contributed by atoms with E-state index in [9.17, 15) is 18.0 Å². The Labute approximate surface area is 207 Å². The third-order valence-electron chi connectivity index (χ3n) is 7.37. The first kappa shape index (κ1) is 24.5. The van der Waals surface area contributed by atoms with Crippen molar-refractivity contribution in [3.63, 3.8) is 0 Å². The van der Waals surface area contributed by atoms with Crippen LogP contribution in [0, 0.1) is 11.3 Å². The van der Waals surface area contributed by atoms with Gasteiger partial charge >= 0.3 is 12.3 Å². The highest BCUT2D eigenvalue weighted by Crippen LogP contribution is 2.44. The minimum Gasteiger partial charge on any atom is -0.444 e. The molecule has 2 aromatic rings. The van der Waals surface area contributed by atoms with Crippen molar-refractivity contribution in [2.45, 2.75) is 58.4 Å². The lowest BCUT2D eigenvalue weighted by Gasteiger charge is -2.55. The predicted octanol–water partition coefficient (Wildman–Crippen LogP) is 4.56. The number of anilines is 1. The maximum Gasteiger partial charge on any atom is 0.410 e. The smallest absolute Gasteiger partial charge is 0.410 e.